The van der Waals surface area contributed by atoms with E-state index in [4.69, 9.17) is 32.7 Å². The first-order chi connectivity index (χ1) is 16.2. The second kappa shape index (κ2) is 10.3. The SMILES string of the molecule is O=C1OC(c2ccc(Cl)c([N+](=O)[O-])c2)=N/C1=C\c1cc(Br)c(OCc2cccc(Cl)c2)c(Br)c1. The highest BCUT2D eigenvalue weighted by Gasteiger charge is 2.26. The molecular formula is C23H12Br2Cl2N2O5. The zero-order valence-corrected chi connectivity index (χ0v) is 21.6. The van der Waals surface area contributed by atoms with E-state index in [2.05, 4.69) is 36.9 Å². The number of halogens is 4. The topological polar surface area (TPSA) is 91.0 Å². The first-order valence-corrected chi connectivity index (χ1v) is 11.9. The molecule has 1 heterocycles. The summed E-state index contributed by atoms with van der Waals surface area (Å²) in [6.07, 6.45) is 1.54. The number of esters is 1. The van der Waals surface area contributed by atoms with E-state index in [0.717, 1.165) is 5.56 Å². The van der Waals surface area contributed by atoms with Gasteiger partial charge in [-0.2, -0.15) is 0 Å². The number of rotatable bonds is 6. The molecule has 0 saturated carbocycles. The molecule has 0 radical (unpaired) electrons. The van der Waals surface area contributed by atoms with Crippen molar-refractivity contribution in [3.8, 4) is 5.75 Å². The van der Waals surface area contributed by atoms with Crippen LogP contribution in [-0.4, -0.2) is 16.8 Å². The van der Waals surface area contributed by atoms with Gasteiger partial charge in [-0.25, -0.2) is 9.79 Å². The Balaban J connectivity index is 1.57. The fraction of sp³-hybridized carbons (Fsp3) is 0.0435. The molecule has 1 aliphatic heterocycles. The molecular weight excluding hydrogens is 615 g/mol. The van der Waals surface area contributed by atoms with Crippen LogP contribution in [0.3, 0.4) is 0 Å². The summed E-state index contributed by atoms with van der Waals surface area (Å²) in [5.41, 5.74) is 1.55. The van der Waals surface area contributed by atoms with E-state index >= 15 is 0 Å². The average Bonchev–Trinajstić information content (AvgIpc) is 3.13. The van der Waals surface area contributed by atoms with Crippen LogP contribution < -0.4 is 4.74 Å². The smallest absolute Gasteiger partial charge is 0.363 e. The Labute approximate surface area is 220 Å². The zero-order valence-electron chi connectivity index (χ0n) is 16.9. The molecule has 0 aliphatic carbocycles. The largest absolute Gasteiger partial charge is 0.487 e. The number of benzene rings is 3. The van der Waals surface area contributed by atoms with Gasteiger partial charge in [0.1, 0.15) is 17.4 Å². The van der Waals surface area contributed by atoms with Gasteiger partial charge in [-0.05, 0) is 85.5 Å². The van der Waals surface area contributed by atoms with E-state index in [9.17, 15) is 14.9 Å². The third kappa shape index (κ3) is 5.50. The lowest BCUT2D eigenvalue weighted by atomic mass is 10.2. The second-order valence-corrected chi connectivity index (χ2v) is 9.54. The van der Waals surface area contributed by atoms with E-state index in [1.807, 2.05) is 18.2 Å². The van der Waals surface area contributed by atoms with Crippen molar-refractivity contribution in [2.75, 3.05) is 0 Å². The minimum Gasteiger partial charge on any atom is -0.487 e. The van der Waals surface area contributed by atoms with Gasteiger partial charge in [0.15, 0.2) is 5.70 Å². The summed E-state index contributed by atoms with van der Waals surface area (Å²) >= 11 is 18.8. The fourth-order valence-electron chi connectivity index (χ4n) is 3.06. The highest BCUT2D eigenvalue weighted by Crippen LogP contribution is 2.36. The zero-order chi connectivity index (χ0) is 24.4. The van der Waals surface area contributed by atoms with Gasteiger partial charge in [-0.1, -0.05) is 35.3 Å². The Morgan fingerprint density at radius 1 is 1.09 bits per heavy atom. The quantitative estimate of drug-likeness (QED) is 0.123. The maximum atomic E-state index is 12.3. The Kier molecular flexibility index (Phi) is 7.37. The van der Waals surface area contributed by atoms with Crippen LogP contribution in [0.5, 0.6) is 5.75 Å². The van der Waals surface area contributed by atoms with Gasteiger partial charge in [-0.3, -0.25) is 10.1 Å². The fourth-order valence-corrected chi connectivity index (χ4v) is 4.91. The molecule has 0 spiro atoms. The molecule has 34 heavy (non-hydrogen) atoms. The van der Waals surface area contributed by atoms with Gasteiger partial charge >= 0.3 is 5.97 Å². The molecule has 0 unspecified atom stereocenters. The van der Waals surface area contributed by atoms with Crippen molar-refractivity contribution in [3.05, 3.63) is 106 Å². The summed E-state index contributed by atoms with van der Waals surface area (Å²) in [6.45, 7) is 0.311. The van der Waals surface area contributed by atoms with Crippen molar-refractivity contribution in [2.24, 2.45) is 4.99 Å². The molecule has 0 aromatic heterocycles. The molecule has 0 fully saturated rings. The molecule has 3 aromatic rings. The van der Waals surface area contributed by atoms with Crippen LogP contribution in [-0.2, 0) is 16.1 Å². The van der Waals surface area contributed by atoms with Gasteiger partial charge in [-0.15, -0.1) is 0 Å². The number of hydrogen-bond acceptors (Lipinski definition) is 6. The lowest BCUT2D eigenvalue weighted by Crippen LogP contribution is -2.06. The molecule has 1 aliphatic rings. The normalized spacial score (nSPS) is 14.2. The standard InChI is InChI=1S/C23H12Br2Cl2N2O5/c24-16-7-13(8-17(25)21(16)33-11-12-2-1-3-15(26)6-12)9-19-23(30)34-22(28-19)14-4-5-18(27)20(10-14)29(31)32/h1-10H,11H2/b19-9-. The van der Waals surface area contributed by atoms with Crippen molar-refractivity contribution >= 4 is 78.7 Å². The van der Waals surface area contributed by atoms with E-state index in [1.165, 1.54) is 24.3 Å². The molecule has 0 N–H and O–H groups in total. The second-order valence-electron chi connectivity index (χ2n) is 6.99. The van der Waals surface area contributed by atoms with Crippen molar-refractivity contribution in [1.82, 2.24) is 0 Å². The number of aliphatic imine (C=N–C) groups is 1. The van der Waals surface area contributed by atoms with Crippen LogP contribution in [0.15, 0.2) is 74.2 Å². The van der Waals surface area contributed by atoms with Crippen LogP contribution in [0.4, 0.5) is 5.69 Å². The van der Waals surface area contributed by atoms with Gasteiger partial charge < -0.3 is 9.47 Å². The first-order valence-electron chi connectivity index (χ1n) is 9.54. The third-order valence-corrected chi connectivity index (χ3v) is 6.34. The summed E-state index contributed by atoms with van der Waals surface area (Å²) < 4.78 is 12.4. The molecule has 4 rings (SSSR count). The minimum absolute atomic E-state index is 0.0261. The molecule has 0 saturated heterocycles. The molecule has 11 heteroatoms. The number of cyclic esters (lactones) is 1. The highest BCUT2D eigenvalue weighted by molar-refractivity contribution is 9.11. The molecule has 3 aromatic carbocycles. The maximum Gasteiger partial charge on any atom is 0.363 e. The van der Waals surface area contributed by atoms with Crippen LogP contribution in [0.2, 0.25) is 10.0 Å². The lowest BCUT2D eigenvalue weighted by Gasteiger charge is -2.11. The molecule has 0 atom stereocenters. The summed E-state index contributed by atoms with van der Waals surface area (Å²) in [6, 6.07) is 14.9. The highest BCUT2D eigenvalue weighted by atomic mass is 79.9. The number of nitro groups is 1. The van der Waals surface area contributed by atoms with E-state index < -0.39 is 10.9 Å². The van der Waals surface area contributed by atoms with Crippen LogP contribution in [0.1, 0.15) is 16.7 Å². The van der Waals surface area contributed by atoms with Gasteiger partial charge in [0.05, 0.1) is 13.9 Å². The minimum atomic E-state index is -0.680. The van der Waals surface area contributed by atoms with Crippen molar-refractivity contribution in [3.63, 3.8) is 0 Å². The van der Waals surface area contributed by atoms with Crippen LogP contribution >= 0.6 is 55.1 Å². The maximum absolute atomic E-state index is 12.3. The van der Waals surface area contributed by atoms with Gasteiger partial charge in [0.2, 0.25) is 5.90 Å². The number of ether oxygens (including phenoxy) is 2. The summed E-state index contributed by atoms with van der Waals surface area (Å²) in [5.74, 6) is -0.148. The van der Waals surface area contributed by atoms with Gasteiger partial charge in [0.25, 0.3) is 5.69 Å². The molecule has 0 amide bonds. The monoisotopic (exact) mass is 624 g/mol. The Bertz CT molecular complexity index is 1370. The Hall–Kier alpha value is -2.72. The summed E-state index contributed by atoms with van der Waals surface area (Å²) in [5, 5.41) is 11.7. The van der Waals surface area contributed by atoms with E-state index in [-0.39, 0.29) is 27.9 Å². The number of nitrogens with zero attached hydrogens (tertiary/aromatic N) is 2. The van der Waals surface area contributed by atoms with Crippen LogP contribution in [0, 0.1) is 10.1 Å². The van der Waals surface area contributed by atoms with E-state index in [0.29, 0.717) is 31.9 Å². The van der Waals surface area contributed by atoms with Crippen molar-refractivity contribution in [1.29, 1.82) is 0 Å². The number of carbonyl (C=O) groups excluding carboxylic acids is 1. The number of nitro benzene ring substituents is 1. The number of carbonyl (C=O) groups is 1. The van der Waals surface area contributed by atoms with Crippen LogP contribution in [0.25, 0.3) is 6.08 Å². The van der Waals surface area contributed by atoms with Crippen molar-refractivity contribution < 1.29 is 19.2 Å². The number of hydrogen-bond donors (Lipinski definition) is 0. The summed E-state index contributed by atoms with van der Waals surface area (Å²) in [4.78, 5) is 27.1. The van der Waals surface area contributed by atoms with Crippen molar-refractivity contribution in [2.45, 2.75) is 6.61 Å². The summed E-state index contributed by atoms with van der Waals surface area (Å²) in [7, 11) is 0. The first kappa shape index (κ1) is 24.4. The Morgan fingerprint density at radius 2 is 1.82 bits per heavy atom. The lowest BCUT2D eigenvalue weighted by molar-refractivity contribution is -0.384. The predicted octanol–water partition coefficient (Wildman–Crippen LogP) is 7.35. The predicted molar refractivity (Wildman–Crippen MR) is 136 cm³/mol. The van der Waals surface area contributed by atoms with E-state index in [1.54, 1.807) is 18.2 Å². The van der Waals surface area contributed by atoms with Gasteiger partial charge in [0, 0.05) is 16.7 Å². The molecule has 7 nitrogen and oxygen atoms in total. The molecule has 0 bridgehead atoms. The average molecular weight is 627 g/mol. The third-order valence-electron chi connectivity index (χ3n) is 4.61. The molecule has 172 valence electrons. The Morgan fingerprint density at radius 3 is 2.50 bits per heavy atom.